The van der Waals surface area contributed by atoms with Gasteiger partial charge in [0.05, 0.1) is 11.1 Å². The average Bonchev–Trinajstić information content (AvgIpc) is 3.27. The van der Waals surface area contributed by atoms with Crippen molar-refractivity contribution in [2.75, 3.05) is 5.32 Å². The fraction of sp³-hybridized carbons (Fsp3) is 0.130. The number of benzene rings is 2. The van der Waals surface area contributed by atoms with E-state index in [1.165, 1.54) is 16.8 Å². The van der Waals surface area contributed by atoms with Crippen molar-refractivity contribution in [2.24, 2.45) is 5.14 Å². The zero-order valence-corrected chi connectivity index (χ0v) is 18.6. The van der Waals surface area contributed by atoms with Crippen molar-refractivity contribution in [3.63, 3.8) is 0 Å². The molecular formula is C23H22N6O3S. The number of hydrogen-bond donors (Lipinski definition) is 2. The first-order chi connectivity index (χ1) is 15.8. The Morgan fingerprint density at radius 2 is 1.82 bits per heavy atom. The Morgan fingerprint density at radius 3 is 2.48 bits per heavy atom. The molecule has 0 aliphatic rings. The Bertz CT molecular complexity index is 1370. The molecule has 4 rings (SSSR count). The lowest BCUT2D eigenvalue weighted by Crippen LogP contribution is -2.28. The maximum atomic E-state index is 13.2. The third-order valence-corrected chi connectivity index (χ3v) is 5.98. The van der Waals surface area contributed by atoms with E-state index in [1.807, 2.05) is 43.3 Å². The van der Waals surface area contributed by atoms with E-state index in [4.69, 9.17) is 5.14 Å². The third-order valence-electron chi connectivity index (χ3n) is 5.05. The number of pyridine rings is 1. The molecule has 3 N–H and O–H groups in total. The molecule has 168 valence electrons. The number of hydrogen-bond acceptors (Lipinski definition) is 6. The van der Waals surface area contributed by atoms with E-state index in [9.17, 15) is 13.2 Å². The number of amides is 1. The number of aromatic nitrogens is 4. The molecule has 4 aromatic rings. The number of rotatable bonds is 7. The SMILES string of the molecule is Cc1ccnc(NC(=O)[C@H](Cc2ccccc2)n2cc(-c3ccc(S(N)(=O)=O)cc3)nn2)c1. The third kappa shape index (κ3) is 5.48. The van der Waals surface area contributed by atoms with Crippen molar-refractivity contribution in [1.29, 1.82) is 0 Å². The Morgan fingerprint density at radius 1 is 1.09 bits per heavy atom. The minimum absolute atomic E-state index is 0.00521. The Hall–Kier alpha value is -3.89. The predicted octanol–water partition coefficient (Wildman–Crippen LogP) is 2.72. The van der Waals surface area contributed by atoms with Gasteiger partial charge in [-0.2, -0.15) is 0 Å². The van der Waals surface area contributed by atoms with Crippen molar-refractivity contribution in [3.05, 3.63) is 90.3 Å². The first-order valence-corrected chi connectivity index (χ1v) is 11.7. The van der Waals surface area contributed by atoms with Crippen LogP contribution in [0.4, 0.5) is 5.82 Å². The van der Waals surface area contributed by atoms with Crippen LogP contribution in [0, 0.1) is 6.92 Å². The number of carbonyl (C=O) groups excluding carboxylic acids is 1. The van der Waals surface area contributed by atoms with Crippen LogP contribution < -0.4 is 10.5 Å². The second-order valence-corrected chi connectivity index (χ2v) is 9.13. The molecule has 0 fully saturated rings. The molecule has 1 atom stereocenters. The van der Waals surface area contributed by atoms with Crippen molar-refractivity contribution < 1.29 is 13.2 Å². The van der Waals surface area contributed by atoms with Gasteiger partial charge < -0.3 is 5.32 Å². The van der Waals surface area contributed by atoms with E-state index < -0.39 is 16.1 Å². The number of nitrogens with two attached hydrogens (primary N) is 1. The monoisotopic (exact) mass is 462 g/mol. The fourth-order valence-corrected chi connectivity index (χ4v) is 3.85. The number of sulfonamides is 1. The number of anilines is 1. The highest BCUT2D eigenvalue weighted by Crippen LogP contribution is 2.22. The van der Waals surface area contributed by atoms with Gasteiger partial charge in [-0.3, -0.25) is 4.79 Å². The van der Waals surface area contributed by atoms with Gasteiger partial charge in [0.1, 0.15) is 17.6 Å². The molecule has 0 aliphatic carbocycles. The molecule has 0 aliphatic heterocycles. The van der Waals surface area contributed by atoms with Crippen LogP contribution in [0.25, 0.3) is 11.3 Å². The van der Waals surface area contributed by atoms with Crippen LogP contribution in [0.1, 0.15) is 17.2 Å². The Balaban J connectivity index is 1.63. The Kier molecular flexibility index (Phi) is 6.29. The first-order valence-electron chi connectivity index (χ1n) is 10.1. The summed E-state index contributed by atoms with van der Waals surface area (Å²) in [5.74, 6) is 0.176. The van der Waals surface area contributed by atoms with Crippen LogP contribution in [-0.4, -0.2) is 34.3 Å². The summed E-state index contributed by atoms with van der Waals surface area (Å²) in [6.45, 7) is 1.92. The molecule has 9 nitrogen and oxygen atoms in total. The predicted molar refractivity (Wildman–Crippen MR) is 124 cm³/mol. The van der Waals surface area contributed by atoms with E-state index in [0.717, 1.165) is 11.1 Å². The number of nitrogens with zero attached hydrogens (tertiary/aromatic N) is 4. The largest absolute Gasteiger partial charge is 0.309 e. The minimum atomic E-state index is -3.79. The summed E-state index contributed by atoms with van der Waals surface area (Å²) in [6, 6.07) is 18.6. The van der Waals surface area contributed by atoms with Crippen molar-refractivity contribution in [3.8, 4) is 11.3 Å². The smallest absolute Gasteiger partial charge is 0.250 e. The van der Waals surface area contributed by atoms with Crippen LogP contribution in [0.5, 0.6) is 0 Å². The lowest BCUT2D eigenvalue weighted by atomic mass is 10.1. The van der Waals surface area contributed by atoms with Crippen LogP contribution in [0.2, 0.25) is 0 Å². The van der Waals surface area contributed by atoms with Gasteiger partial charge in [-0.15, -0.1) is 5.10 Å². The molecule has 0 saturated carbocycles. The summed E-state index contributed by atoms with van der Waals surface area (Å²) in [5, 5.41) is 16.4. The normalized spacial score (nSPS) is 12.3. The zero-order valence-electron chi connectivity index (χ0n) is 17.8. The summed E-state index contributed by atoms with van der Waals surface area (Å²) in [6.07, 6.45) is 3.68. The highest BCUT2D eigenvalue weighted by atomic mass is 32.2. The molecule has 0 unspecified atom stereocenters. The molecule has 0 saturated heterocycles. The maximum Gasteiger partial charge on any atom is 0.250 e. The molecule has 0 radical (unpaired) electrons. The quantitative estimate of drug-likeness (QED) is 0.434. The second kappa shape index (κ2) is 9.31. The van der Waals surface area contributed by atoms with Gasteiger partial charge >= 0.3 is 0 Å². The second-order valence-electron chi connectivity index (χ2n) is 7.57. The van der Waals surface area contributed by atoms with E-state index in [1.54, 1.807) is 30.6 Å². The molecule has 1 amide bonds. The van der Waals surface area contributed by atoms with Gasteiger partial charge in [-0.25, -0.2) is 23.2 Å². The van der Waals surface area contributed by atoms with Crippen molar-refractivity contribution in [2.45, 2.75) is 24.3 Å². The molecule has 0 spiro atoms. The fourth-order valence-electron chi connectivity index (χ4n) is 3.33. The topological polar surface area (TPSA) is 133 Å². The number of nitrogens with one attached hydrogen (secondary N) is 1. The molecule has 2 aromatic carbocycles. The van der Waals surface area contributed by atoms with Gasteiger partial charge in [0.15, 0.2) is 0 Å². The van der Waals surface area contributed by atoms with Gasteiger partial charge in [-0.05, 0) is 42.3 Å². The molecule has 2 heterocycles. The van der Waals surface area contributed by atoms with Crippen molar-refractivity contribution >= 4 is 21.7 Å². The van der Waals surface area contributed by atoms with Gasteiger partial charge in [0, 0.05) is 18.2 Å². The highest BCUT2D eigenvalue weighted by molar-refractivity contribution is 7.89. The van der Waals surface area contributed by atoms with Gasteiger partial charge in [0.25, 0.3) is 5.91 Å². The number of primary sulfonamides is 1. The minimum Gasteiger partial charge on any atom is -0.309 e. The Labute approximate surface area is 191 Å². The molecule has 2 aromatic heterocycles. The summed E-state index contributed by atoms with van der Waals surface area (Å²) in [4.78, 5) is 17.4. The summed E-state index contributed by atoms with van der Waals surface area (Å²) >= 11 is 0. The van der Waals surface area contributed by atoms with E-state index in [0.29, 0.717) is 23.5 Å². The van der Waals surface area contributed by atoms with Crippen LogP contribution in [0.15, 0.2) is 84.0 Å². The molecular weight excluding hydrogens is 440 g/mol. The van der Waals surface area contributed by atoms with E-state index in [2.05, 4.69) is 20.6 Å². The summed E-state index contributed by atoms with van der Waals surface area (Å²) < 4.78 is 24.5. The maximum absolute atomic E-state index is 13.2. The highest BCUT2D eigenvalue weighted by Gasteiger charge is 2.24. The zero-order chi connectivity index (χ0) is 23.4. The lowest BCUT2D eigenvalue weighted by molar-refractivity contribution is -0.119. The molecule has 33 heavy (non-hydrogen) atoms. The van der Waals surface area contributed by atoms with Gasteiger partial charge in [-0.1, -0.05) is 47.7 Å². The van der Waals surface area contributed by atoms with Crippen LogP contribution >= 0.6 is 0 Å². The molecule has 0 bridgehead atoms. The number of carbonyl (C=O) groups is 1. The standard InChI is InChI=1S/C23H22N6O3S/c1-16-11-12-25-22(13-16)26-23(30)21(14-17-5-3-2-4-6-17)29-15-20(27-28-29)18-7-9-19(10-8-18)33(24,31)32/h2-13,15,21H,14H2,1H3,(H2,24,31,32)(H,25,26,30)/t21-/m0/s1. The van der Waals surface area contributed by atoms with Gasteiger partial charge in [0.2, 0.25) is 10.0 Å². The molecule has 10 heteroatoms. The van der Waals surface area contributed by atoms with Crippen molar-refractivity contribution in [1.82, 2.24) is 20.0 Å². The van der Waals surface area contributed by atoms with E-state index in [-0.39, 0.29) is 10.8 Å². The number of aryl methyl sites for hydroxylation is 1. The van der Waals surface area contributed by atoms with Crippen LogP contribution in [0.3, 0.4) is 0 Å². The summed E-state index contributed by atoms with van der Waals surface area (Å²) in [7, 11) is -3.79. The first kappa shape index (κ1) is 22.3. The summed E-state index contributed by atoms with van der Waals surface area (Å²) in [5.41, 5.74) is 3.08. The van der Waals surface area contributed by atoms with E-state index >= 15 is 0 Å². The average molecular weight is 463 g/mol. The lowest BCUT2D eigenvalue weighted by Gasteiger charge is -2.17. The van der Waals surface area contributed by atoms with Crippen LogP contribution in [-0.2, 0) is 21.2 Å².